The van der Waals surface area contributed by atoms with Gasteiger partial charge in [-0.3, -0.25) is 0 Å². The summed E-state index contributed by atoms with van der Waals surface area (Å²) in [4.78, 5) is 11.3. The summed E-state index contributed by atoms with van der Waals surface area (Å²) in [6, 6.07) is 0. The second kappa shape index (κ2) is 4.63. The van der Waals surface area contributed by atoms with Crippen LogP contribution in [0.4, 0.5) is 5.95 Å². The molecule has 0 saturated carbocycles. The van der Waals surface area contributed by atoms with Crippen LogP contribution in [0.5, 0.6) is 0 Å². The molecule has 2 aromatic heterocycles. The molecule has 0 bridgehead atoms. The summed E-state index contributed by atoms with van der Waals surface area (Å²) in [6.07, 6.45) is 8.24. The maximum absolute atomic E-state index is 4.23. The van der Waals surface area contributed by atoms with Crippen LogP contribution in [0.3, 0.4) is 0 Å². The first-order valence-electron chi connectivity index (χ1n) is 5.12. The van der Waals surface area contributed by atoms with Crippen molar-refractivity contribution >= 4 is 5.95 Å². The summed E-state index contributed by atoms with van der Waals surface area (Å²) >= 11 is 0. The highest BCUT2D eigenvalue weighted by molar-refractivity contribution is 5.25. The van der Waals surface area contributed by atoms with Gasteiger partial charge in [-0.15, -0.1) is 0 Å². The van der Waals surface area contributed by atoms with E-state index >= 15 is 0 Å². The quantitative estimate of drug-likeness (QED) is 0.773. The van der Waals surface area contributed by atoms with Gasteiger partial charge in [0.2, 0.25) is 5.95 Å². The van der Waals surface area contributed by atoms with Gasteiger partial charge in [0.25, 0.3) is 0 Å². The Kier molecular flexibility index (Phi) is 3.02. The highest BCUT2D eigenvalue weighted by Gasteiger charge is 1.99. The summed E-state index contributed by atoms with van der Waals surface area (Å²) < 4.78 is 2.08. The number of hydrogen-bond acceptors (Lipinski definition) is 3. The molecule has 0 aliphatic carbocycles. The van der Waals surface area contributed by atoms with Gasteiger partial charge >= 0.3 is 0 Å². The number of anilines is 1. The van der Waals surface area contributed by atoms with Gasteiger partial charge in [-0.25, -0.2) is 9.97 Å². The van der Waals surface area contributed by atoms with E-state index in [1.54, 1.807) is 6.33 Å². The average Bonchev–Trinajstić information content (AvgIpc) is 2.88. The predicted octanol–water partition coefficient (Wildman–Crippen LogP) is 1.28. The predicted molar refractivity (Wildman–Crippen MR) is 58.7 cm³/mol. The van der Waals surface area contributed by atoms with E-state index in [1.807, 2.05) is 18.6 Å². The molecule has 0 aliphatic heterocycles. The topological polar surface area (TPSA) is 58.5 Å². The Labute approximate surface area is 88.6 Å². The lowest BCUT2D eigenvalue weighted by atomic mass is 10.3. The first-order valence-corrected chi connectivity index (χ1v) is 5.12. The van der Waals surface area contributed by atoms with Gasteiger partial charge in [-0.05, 0) is 6.92 Å². The molecule has 0 spiro atoms. The molecule has 0 saturated heterocycles. The molecule has 2 rings (SSSR count). The summed E-state index contributed by atoms with van der Waals surface area (Å²) in [5.74, 6) is 0.928. The first-order chi connectivity index (χ1) is 7.40. The van der Waals surface area contributed by atoms with Crippen LogP contribution in [-0.2, 0) is 13.0 Å². The normalized spacial score (nSPS) is 10.5. The van der Waals surface area contributed by atoms with E-state index in [0.29, 0.717) is 0 Å². The van der Waals surface area contributed by atoms with Crippen LogP contribution in [0.2, 0.25) is 0 Å². The van der Waals surface area contributed by atoms with E-state index < -0.39 is 0 Å². The molecule has 2 heterocycles. The minimum absolute atomic E-state index is 0.860. The van der Waals surface area contributed by atoms with E-state index in [1.165, 1.54) is 0 Å². The molecular weight excluding hydrogens is 190 g/mol. The molecule has 80 valence electrons. The molecule has 0 aliphatic rings. The van der Waals surface area contributed by atoms with E-state index in [0.717, 1.165) is 31.2 Å². The molecule has 5 nitrogen and oxygen atoms in total. The van der Waals surface area contributed by atoms with Crippen LogP contribution >= 0.6 is 0 Å². The second-order valence-electron chi connectivity index (χ2n) is 3.29. The largest absolute Gasteiger partial charge is 0.355 e. The molecule has 15 heavy (non-hydrogen) atoms. The first kappa shape index (κ1) is 9.76. The fourth-order valence-corrected chi connectivity index (χ4v) is 1.46. The van der Waals surface area contributed by atoms with Crippen molar-refractivity contribution in [3.05, 3.63) is 30.6 Å². The Balaban J connectivity index is 1.83. The van der Waals surface area contributed by atoms with Crippen molar-refractivity contribution in [2.45, 2.75) is 19.9 Å². The molecule has 0 unspecified atom stereocenters. The minimum atomic E-state index is 0.860. The monoisotopic (exact) mass is 205 g/mol. The number of H-pyrrole nitrogens is 1. The summed E-state index contributed by atoms with van der Waals surface area (Å²) in [6.45, 7) is 3.90. The van der Waals surface area contributed by atoms with Crippen molar-refractivity contribution < 1.29 is 0 Å². The van der Waals surface area contributed by atoms with E-state index in [2.05, 4.69) is 31.8 Å². The number of nitrogens with zero attached hydrogens (tertiary/aromatic N) is 3. The third-order valence-electron chi connectivity index (χ3n) is 2.29. The molecular formula is C10H15N5. The number of aryl methyl sites for hydroxylation is 1. The lowest BCUT2D eigenvalue weighted by Crippen LogP contribution is -2.10. The Morgan fingerprint density at radius 1 is 1.53 bits per heavy atom. The Bertz CT molecular complexity index is 390. The third-order valence-corrected chi connectivity index (χ3v) is 2.29. The SMILES string of the molecule is CCn1ccnc1NCCc1cnc[nH]1. The molecule has 0 fully saturated rings. The van der Waals surface area contributed by atoms with Crippen LogP contribution in [-0.4, -0.2) is 26.1 Å². The number of hydrogen-bond donors (Lipinski definition) is 2. The van der Waals surface area contributed by atoms with Gasteiger partial charge in [-0.1, -0.05) is 0 Å². The molecule has 0 atom stereocenters. The van der Waals surface area contributed by atoms with Crippen molar-refractivity contribution in [2.75, 3.05) is 11.9 Å². The van der Waals surface area contributed by atoms with Gasteiger partial charge in [-0.2, -0.15) is 0 Å². The lowest BCUT2D eigenvalue weighted by Gasteiger charge is -2.06. The molecule has 0 radical (unpaired) electrons. The van der Waals surface area contributed by atoms with Gasteiger partial charge in [0.15, 0.2) is 0 Å². The highest BCUT2D eigenvalue weighted by atomic mass is 15.2. The number of rotatable bonds is 5. The third kappa shape index (κ3) is 2.37. The zero-order valence-corrected chi connectivity index (χ0v) is 8.77. The van der Waals surface area contributed by atoms with Crippen molar-refractivity contribution in [1.82, 2.24) is 19.5 Å². The smallest absolute Gasteiger partial charge is 0.202 e. The number of aromatic amines is 1. The van der Waals surface area contributed by atoms with Crippen molar-refractivity contribution in [2.24, 2.45) is 0 Å². The summed E-state index contributed by atoms with van der Waals surface area (Å²) in [7, 11) is 0. The maximum atomic E-state index is 4.23. The molecule has 2 aromatic rings. The zero-order chi connectivity index (χ0) is 10.5. The Hall–Kier alpha value is -1.78. The van der Waals surface area contributed by atoms with Gasteiger partial charge < -0.3 is 14.9 Å². The summed E-state index contributed by atoms with van der Waals surface area (Å²) in [5.41, 5.74) is 1.14. The van der Waals surface area contributed by atoms with Crippen molar-refractivity contribution in [3.8, 4) is 0 Å². The van der Waals surface area contributed by atoms with Gasteiger partial charge in [0, 0.05) is 43.8 Å². The van der Waals surface area contributed by atoms with Crippen LogP contribution < -0.4 is 5.32 Å². The van der Waals surface area contributed by atoms with Gasteiger partial charge in [0.05, 0.1) is 6.33 Å². The van der Waals surface area contributed by atoms with E-state index in [9.17, 15) is 0 Å². The molecule has 0 amide bonds. The van der Waals surface area contributed by atoms with Crippen molar-refractivity contribution in [3.63, 3.8) is 0 Å². The maximum Gasteiger partial charge on any atom is 0.202 e. The lowest BCUT2D eigenvalue weighted by molar-refractivity contribution is 0.761. The van der Waals surface area contributed by atoms with E-state index in [-0.39, 0.29) is 0 Å². The fourth-order valence-electron chi connectivity index (χ4n) is 1.46. The number of nitrogens with one attached hydrogen (secondary N) is 2. The van der Waals surface area contributed by atoms with Crippen LogP contribution in [0, 0.1) is 0 Å². The van der Waals surface area contributed by atoms with Crippen molar-refractivity contribution in [1.29, 1.82) is 0 Å². The van der Waals surface area contributed by atoms with Crippen LogP contribution in [0.1, 0.15) is 12.6 Å². The molecule has 5 heteroatoms. The molecule has 2 N–H and O–H groups in total. The van der Waals surface area contributed by atoms with Crippen LogP contribution in [0.15, 0.2) is 24.9 Å². The fraction of sp³-hybridized carbons (Fsp3) is 0.400. The van der Waals surface area contributed by atoms with Gasteiger partial charge in [0.1, 0.15) is 0 Å². The standard InChI is InChI=1S/C10H15N5/c1-2-15-6-5-13-10(15)12-4-3-9-7-11-8-14-9/h5-8H,2-4H2,1H3,(H,11,14)(H,12,13). The second-order valence-corrected chi connectivity index (χ2v) is 3.29. The molecule has 0 aromatic carbocycles. The summed E-state index contributed by atoms with van der Waals surface area (Å²) in [5, 5.41) is 3.29. The van der Waals surface area contributed by atoms with E-state index in [4.69, 9.17) is 0 Å². The Morgan fingerprint density at radius 2 is 2.47 bits per heavy atom. The highest BCUT2D eigenvalue weighted by Crippen LogP contribution is 2.03. The zero-order valence-electron chi connectivity index (χ0n) is 8.77. The Morgan fingerprint density at radius 3 is 3.20 bits per heavy atom. The van der Waals surface area contributed by atoms with Crippen LogP contribution in [0.25, 0.3) is 0 Å². The number of aromatic nitrogens is 4. The average molecular weight is 205 g/mol. The number of imidazole rings is 2. The minimum Gasteiger partial charge on any atom is -0.355 e.